The summed E-state index contributed by atoms with van der Waals surface area (Å²) in [5.41, 5.74) is 9.30. The van der Waals surface area contributed by atoms with Crippen LogP contribution in [0.4, 0.5) is 17.6 Å². The number of piperazine rings is 1. The molecule has 0 bridgehead atoms. The van der Waals surface area contributed by atoms with Crippen molar-refractivity contribution in [3.05, 3.63) is 77.6 Å². The van der Waals surface area contributed by atoms with Gasteiger partial charge in [0.1, 0.15) is 5.82 Å². The summed E-state index contributed by atoms with van der Waals surface area (Å²) >= 11 is 0. The van der Waals surface area contributed by atoms with Gasteiger partial charge in [0.2, 0.25) is 11.9 Å². The molecule has 7 heteroatoms. The molecule has 3 N–H and O–H groups in total. The fourth-order valence-corrected chi connectivity index (χ4v) is 3.56. The molecule has 0 amide bonds. The van der Waals surface area contributed by atoms with Crippen LogP contribution in [0.3, 0.4) is 0 Å². The van der Waals surface area contributed by atoms with Gasteiger partial charge in [-0.25, -0.2) is 0 Å². The minimum absolute atomic E-state index is 0.240. The Morgan fingerprint density at radius 2 is 1.61 bits per heavy atom. The second-order valence-electron chi connectivity index (χ2n) is 7.81. The van der Waals surface area contributed by atoms with Gasteiger partial charge in [0.15, 0.2) is 0 Å². The van der Waals surface area contributed by atoms with Crippen LogP contribution in [0, 0.1) is 6.92 Å². The molecule has 0 unspecified atom stereocenters. The largest absolute Gasteiger partial charge is 0.368 e. The van der Waals surface area contributed by atoms with Gasteiger partial charge in [-0.2, -0.15) is 15.0 Å². The lowest BCUT2D eigenvalue weighted by molar-refractivity contribution is 0.134. The number of aryl methyl sites for hydroxylation is 1. The molecule has 1 aliphatic rings. The molecule has 2 aromatic carbocycles. The highest BCUT2D eigenvalue weighted by atomic mass is 15.3. The quantitative estimate of drug-likeness (QED) is 0.612. The monoisotopic (exact) mass is 415 g/mol. The van der Waals surface area contributed by atoms with Gasteiger partial charge in [0.25, 0.3) is 0 Å². The zero-order valence-electron chi connectivity index (χ0n) is 17.9. The Morgan fingerprint density at radius 3 is 2.35 bits per heavy atom. The maximum Gasteiger partial charge on any atom is 0.232 e. The average molecular weight is 416 g/mol. The van der Waals surface area contributed by atoms with E-state index in [1.165, 1.54) is 11.1 Å². The Balaban J connectivity index is 1.28. The first kappa shape index (κ1) is 21.0. The number of nitrogens with zero attached hydrogens (tertiary/aromatic N) is 5. The minimum Gasteiger partial charge on any atom is -0.368 e. The Kier molecular flexibility index (Phi) is 6.86. The number of rotatable bonds is 7. The van der Waals surface area contributed by atoms with Crippen molar-refractivity contribution in [1.82, 2.24) is 24.8 Å². The molecule has 1 aromatic heterocycles. The normalized spacial score (nSPS) is 15.4. The van der Waals surface area contributed by atoms with E-state index in [0.717, 1.165) is 38.4 Å². The van der Waals surface area contributed by atoms with Gasteiger partial charge in [-0.15, -0.1) is 0 Å². The molecule has 0 radical (unpaired) electrons. The van der Waals surface area contributed by atoms with Crippen LogP contribution in [-0.2, 0) is 6.54 Å². The lowest BCUT2D eigenvalue weighted by Crippen LogP contribution is -2.46. The number of nitrogen functional groups attached to an aromatic ring is 1. The average Bonchev–Trinajstić information content (AvgIpc) is 2.77. The van der Waals surface area contributed by atoms with Crippen molar-refractivity contribution >= 4 is 23.7 Å². The second kappa shape index (κ2) is 10.1. The number of benzene rings is 2. The van der Waals surface area contributed by atoms with Crippen LogP contribution >= 0.6 is 0 Å². The summed E-state index contributed by atoms with van der Waals surface area (Å²) in [6.07, 6.45) is 4.42. The van der Waals surface area contributed by atoms with E-state index in [9.17, 15) is 0 Å². The molecule has 0 aliphatic carbocycles. The number of hydrogen-bond donors (Lipinski definition) is 2. The summed E-state index contributed by atoms with van der Waals surface area (Å²) in [5, 5.41) is 3.22. The van der Waals surface area contributed by atoms with E-state index in [1.807, 2.05) is 30.3 Å². The van der Waals surface area contributed by atoms with Gasteiger partial charge in [0.05, 0.1) is 6.54 Å². The van der Waals surface area contributed by atoms with Crippen molar-refractivity contribution in [1.29, 1.82) is 0 Å². The van der Waals surface area contributed by atoms with E-state index in [0.29, 0.717) is 18.3 Å². The predicted molar refractivity (Wildman–Crippen MR) is 126 cm³/mol. The molecule has 0 atom stereocenters. The van der Waals surface area contributed by atoms with Crippen LogP contribution in [0.25, 0.3) is 6.08 Å². The van der Waals surface area contributed by atoms with E-state index in [2.05, 4.69) is 73.4 Å². The molecule has 7 nitrogen and oxygen atoms in total. The smallest absolute Gasteiger partial charge is 0.232 e. The van der Waals surface area contributed by atoms with Crippen LogP contribution in [-0.4, -0.2) is 57.5 Å². The van der Waals surface area contributed by atoms with Gasteiger partial charge < -0.3 is 11.1 Å². The van der Waals surface area contributed by atoms with Gasteiger partial charge in [0, 0.05) is 38.4 Å². The number of anilines is 3. The minimum atomic E-state index is 0.240. The highest BCUT2D eigenvalue weighted by Gasteiger charge is 2.17. The summed E-state index contributed by atoms with van der Waals surface area (Å²) in [5.74, 6) is 1.42. The van der Waals surface area contributed by atoms with Crippen molar-refractivity contribution in [3.8, 4) is 0 Å². The summed E-state index contributed by atoms with van der Waals surface area (Å²) in [6, 6.07) is 18.5. The lowest BCUT2D eigenvalue weighted by Gasteiger charge is -2.33. The fraction of sp³-hybridized carbons (Fsp3) is 0.292. The summed E-state index contributed by atoms with van der Waals surface area (Å²) in [7, 11) is 0. The zero-order chi connectivity index (χ0) is 21.5. The lowest BCUT2D eigenvalue weighted by atomic mass is 10.2. The highest BCUT2D eigenvalue weighted by molar-refractivity contribution is 5.54. The molecule has 4 rings (SSSR count). The Hall–Kier alpha value is -3.29. The van der Waals surface area contributed by atoms with Crippen LogP contribution < -0.4 is 11.1 Å². The molecule has 31 heavy (non-hydrogen) atoms. The van der Waals surface area contributed by atoms with Crippen molar-refractivity contribution < 1.29 is 0 Å². The van der Waals surface area contributed by atoms with Crippen LogP contribution in [0.5, 0.6) is 0 Å². The van der Waals surface area contributed by atoms with Gasteiger partial charge in [-0.3, -0.25) is 9.80 Å². The third-order valence-corrected chi connectivity index (χ3v) is 5.31. The zero-order valence-corrected chi connectivity index (χ0v) is 17.9. The first-order valence-corrected chi connectivity index (χ1v) is 10.6. The summed E-state index contributed by atoms with van der Waals surface area (Å²) in [4.78, 5) is 18.0. The van der Waals surface area contributed by atoms with Gasteiger partial charge in [-0.1, -0.05) is 60.2 Å². The second-order valence-corrected chi connectivity index (χ2v) is 7.81. The number of aromatic nitrogens is 3. The van der Waals surface area contributed by atoms with Gasteiger partial charge >= 0.3 is 0 Å². The number of hydrogen-bond acceptors (Lipinski definition) is 7. The number of nitrogens with two attached hydrogens (primary N) is 1. The van der Waals surface area contributed by atoms with Crippen LogP contribution in [0.15, 0.2) is 60.7 Å². The molecule has 3 aromatic rings. The predicted octanol–water partition coefficient (Wildman–Crippen LogP) is 3.34. The highest BCUT2D eigenvalue weighted by Crippen LogP contribution is 2.15. The Bertz CT molecular complexity index is 994. The van der Waals surface area contributed by atoms with Crippen LogP contribution in [0.1, 0.15) is 17.0 Å². The topological polar surface area (TPSA) is 83.2 Å². The molecule has 1 aliphatic heterocycles. The van der Waals surface area contributed by atoms with Crippen molar-refractivity contribution in [2.45, 2.75) is 13.5 Å². The Labute approximate surface area is 183 Å². The third-order valence-electron chi connectivity index (χ3n) is 5.31. The van der Waals surface area contributed by atoms with E-state index in [4.69, 9.17) is 5.73 Å². The van der Waals surface area contributed by atoms with Gasteiger partial charge in [-0.05, 0) is 24.6 Å². The van der Waals surface area contributed by atoms with E-state index in [1.54, 1.807) is 0 Å². The maximum atomic E-state index is 5.93. The molecule has 0 saturated carbocycles. The van der Waals surface area contributed by atoms with E-state index in [-0.39, 0.29) is 5.95 Å². The fourth-order valence-electron chi connectivity index (χ4n) is 3.56. The van der Waals surface area contributed by atoms with Crippen molar-refractivity contribution in [3.63, 3.8) is 0 Å². The summed E-state index contributed by atoms with van der Waals surface area (Å²) in [6.45, 7) is 7.69. The molecule has 1 saturated heterocycles. The van der Waals surface area contributed by atoms with E-state index >= 15 is 0 Å². The van der Waals surface area contributed by atoms with Crippen LogP contribution in [0.2, 0.25) is 0 Å². The molecular formula is C24H29N7. The third kappa shape index (κ3) is 6.34. The standard InChI is InChI=1S/C24H29N7/c1-19-9-11-21(12-10-19)26-24-28-22(27-23(25)29-24)18-31-16-14-30(15-17-31)13-5-8-20-6-3-2-4-7-20/h2-12H,13-18H2,1H3,(H3,25,26,27,28,29)/b8-5-. The number of nitrogens with one attached hydrogen (secondary N) is 1. The maximum absolute atomic E-state index is 5.93. The SMILES string of the molecule is Cc1ccc(Nc2nc(N)nc(CN3CCN(C/C=C\c4ccccc4)CC3)n2)cc1. The van der Waals surface area contributed by atoms with Crippen molar-refractivity contribution in [2.24, 2.45) is 0 Å². The molecular weight excluding hydrogens is 386 g/mol. The first-order valence-electron chi connectivity index (χ1n) is 10.6. The molecule has 1 fully saturated rings. The molecule has 2 heterocycles. The molecule has 160 valence electrons. The first-order chi connectivity index (χ1) is 15.1. The van der Waals surface area contributed by atoms with Crippen molar-refractivity contribution in [2.75, 3.05) is 43.8 Å². The van der Waals surface area contributed by atoms with E-state index < -0.39 is 0 Å². The molecule has 0 spiro atoms. The Morgan fingerprint density at radius 1 is 0.903 bits per heavy atom. The summed E-state index contributed by atoms with van der Waals surface area (Å²) < 4.78 is 0.